The fourth-order valence-corrected chi connectivity index (χ4v) is 2.99. The summed E-state index contributed by atoms with van der Waals surface area (Å²) in [6.45, 7) is 0. The van der Waals surface area contributed by atoms with E-state index in [-0.39, 0.29) is 5.82 Å². The van der Waals surface area contributed by atoms with Crippen LogP contribution in [0.2, 0.25) is 0 Å². The maximum Gasteiger partial charge on any atom is 0.161 e. The highest BCUT2D eigenvalue weighted by Gasteiger charge is 2.12. The van der Waals surface area contributed by atoms with Gasteiger partial charge in [0.15, 0.2) is 11.5 Å². The zero-order valence-electron chi connectivity index (χ0n) is 12.2. The summed E-state index contributed by atoms with van der Waals surface area (Å²) >= 11 is 1.46. The number of ether oxygens (including phenoxy) is 2. The largest absolute Gasteiger partial charge is 0.493 e. The summed E-state index contributed by atoms with van der Waals surface area (Å²) in [6, 6.07) is 12.2. The molecule has 5 heteroatoms. The molecule has 0 aliphatic carbocycles. The van der Waals surface area contributed by atoms with Gasteiger partial charge < -0.3 is 9.47 Å². The number of halogens is 1. The molecule has 0 bridgehead atoms. The van der Waals surface area contributed by atoms with Gasteiger partial charge in [-0.2, -0.15) is 0 Å². The zero-order chi connectivity index (χ0) is 15.5. The maximum absolute atomic E-state index is 13.8. The second-order valence-corrected chi connectivity index (χ2v) is 5.45. The van der Waals surface area contributed by atoms with Crippen LogP contribution >= 0.6 is 11.3 Å². The Hall–Kier alpha value is -2.40. The lowest BCUT2D eigenvalue weighted by Gasteiger charge is -2.08. The Kier molecular flexibility index (Phi) is 4.06. The van der Waals surface area contributed by atoms with Crippen molar-refractivity contribution in [3.8, 4) is 33.3 Å². The lowest BCUT2D eigenvalue weighted by molar-refractivity contribution is 0.355. The van der Waals surface area contributed by atoms with Gasteiger partial charge in [-0.05, 0) is 30.3 Å². The minimum Gasteiger partial charge on any atom is -0.493 e. The van der Waals surface area contributed by atoms with Crippen molar-refractivity contribution < 1.29 is 13.9 Å². The number of rotatable bonds is 4. The van der Waals surface area contributed by atoms with E-state index in [4.69, 9.17) is 9.47 Å². The Morgan fingerprint density at radius 3 is 2.50 bits per heavy atom. The van der Waals surface area contributed by atoms with Crippen molar-refractivity contribution >= 4 is 11.3 Å². The van der Waals surface area contributed by atoms with E-state index in [9.17, 15) is 4.39 Å². The van der Waals surface area contributed by atoms with Crippen LogP contribution in [0, 0.1) is 5.82 Å². The van der Waals surface area contributed by atoms with Crippen LogP contribution < -0.4 is 9.47 Å². The van der Waals surface area contributed by atoms with E-state index in [0.717, 1.165) is 10.6 Å². The second kappa shape index (κ2) is 6.15. The molecule has 0 aliphatic heterocycles. The first-order chi connectivity index (χ1) is 10.7. The van der Waals surface area contributed by atoms with Gasteiger partial charge >= 0.3 is 0 Å². The Balaban J connectivity index is 1.99. The Bertz CT molecular complexity index is 801. The van der Waals surface area contributed by atoms with Crippen molar-refractivity contribution in [2.75, 3.05) is 14.2 Å². The van der Waals surface area contributed by atoms with Crippen molar-refractivity contribution in [1.29, 1.82) is 0 Å². The molecule has 3 nitrogen and oxygen atoms in total. The number of aromatic nitrogens is 1. The van der Waals surface area contributed by atoms with Gasteiger partial charge in [0.2, 0.25) is 0 Å². The van der Waals surface area contributed by atoms with Crippen molar-refractivity contribution in [2.45, 2.75) is 0 Å². The van der Waals surface area contributed by atoms with Crippen molar-refractivity contribution in [2.24, 2.45) is 0 Å². The molecule has 112 valence electrons. The predicted molar refractivity (Wildman–Crippen MR) is 86.0 cm³/mol. The van der Waals surface area contributed by atoms with E-state index in [1.165, 1.54) is 17.4 Å². The molecular formula is C17H14FNO2S. The molecule has 3 rings (SSSR count). The van der Waals surface area contributed by atoms with Crippen LogP contribution in [0.4, 0.5) is 4.39 Å². The SMILES string of the molecule is COc1ccc(-c2nc(-c3ccccc3F)cs2)cc1OC. The lowest BCUT2D eigenvalue weighted by Crippen LogP contribution is -1.90. The molecule has 1 heterocycles. The summed E-state index contributed by atoms with van der Waals surface area (Å²) in [6.07, 6.45) is 0. The average molecular weight is 315 g/mol. The Labute approximate surface area is 132 Å². The molecule has 1 aromatic heterocycles. The number of hydrogen-bond acceptors (Lipinski definition) is 4. The van der Waals surface area contributed by atoms with Crippen LogP contribution in [-0.2, 0) is 0 Å². The van der Waals surface area contributed by atoms with Crippen LogP contribution in [0.1, 0.15) is 0 Å². The monoisotopic (exact) mass is 315 g/mol. The van der Waals surface area contributed by atoms with Crippen molar-refractivity contribution in [1.82, 2.24) is 4.98 Å². The van der Waals surface area contributed by atoms with E-state index >= 15 is 0 Å². The molecule has 22 heavy (non-hydrogen) atoms. The first-order valence-corrected chi connectivity index (χ1v) is 7.53. The molecule has 0 saturated heterocycles. The van der Waals surface area contributed by atoms with Gasteiger partial charge in [0, 0.05) is 16.5 Å². The highest BCUT2D eigenvalue weighted by molar-refractivity contribution is 7.13. The number of nitrogens with zero attached hydrogens (tertiary/aromatic N) is 1. The number of thiazole rings is 1. The Morgan fingerprint density at radius 1 is 1.00 bits per heavy atom. The third-order valence-corrected chi connectivity index (χ3v) is 4.18. The van der Waals surface area contributed by atoms with Gasteiger partial charge in [-0.3, -0.25) is 0 Å². The summed E-state index contributed by atoms with van der Waals surface area (Å²) in [5.74, 6) is 1.03. The Morgan fingerprint density at radius 2 is 1.77 bits per heavy atom. The van der Waals surface area contributed by atoms with Gasteiger partial charge in [0.1, 0.15) is 10.8 Å². The molecule has 0 saturated carbocycles. The maximum atomic E-state index is 13.8. The minimum absolute atomic E-state index is 0.272. The van der Waals surface area contributed by atoms with Gasteiger partial charge in [-0.15, -0.1) is 11.3 Å². The zero-order valence-corrected chi connectivity index (χ0v) is 13.0. The van der Waals surface area contributed by atoms with Crippen molar-refractivity contribution in [3.63, 3.8) is 0 Å². The second-order valence-electron chi connectivity index (χ2n) is 4.59. The number of benzene rings is 2. The van der Waals surface area contributed by atoms with E-state index in [2.05, 4.69) is 4.98 Å². The van der Waals surface area contributed by atoms with E-state index in [1.807, 2.05) is 23.6 Å². The molecule has 0 unspecified atom stereocenters. The standard InChI is InChI=1S/C17H14FNO2S/c1-20-15-8-7-11(9-16(15)21-2)17-19-14(10-22-17)12-5-3-4-6-13(12)18/h3-10H,1-2H3. The van der Waals surface area contributed by atoms with E-state index < -0.39 is 0 Å². The molecule has 3 aromatic rings. The summed E-state index contributed by atoms with van der Waals surface area (Å²) < 4.78 is 24.4. The third-order valence-electron chi connectivity index (χ3n) is 3.28. The van der Waals surface area contributed by atoms with Gasteiger partial charge in [0.05, 0.1) is 19.9 Å². The van der Waals surface area contributed by atoms with E-state index in [1.54, 1.807) is 32.4 Å². The molecule has 2 aromatic carbocycles. The number of methoxy groups -OCH3 is 2. The molecule has 0 fully saturated rings. The highest BCUT2D eigenvalue weighted by Crippen LogP contribution is 2.35. The normalized spacial score (nSPS) is 10.5. The number of hydrogen-bond donors (Lipinski definition) is 0. The van der Waals surface area contributed by atoms with Gasteiger partial charge in [-0.1, -0.05) is 12.1 Å². The third kappa shape index (κ3) is 2.67. The van der Waals surface area contributed by atoms with Crippen LogP contribution in [0.5, 0.6) is 11.5 Å². The first-order valence-electron chi connectivity index (χ1n) is 6.65. The van der Waals surface area contributed by atoms with Crippen molar-refractivity contribution in [3.05, 3.63) is 53.7 Å². The molecular weight excluding hydrogens is 301 g/mol. The lowest BCUT2D eigenvalue weighted by atomic mass is 10.1. The fourth-order valence-electron chi connectivity index (χ4n) is 2.17. The van der Waals surface area contributed by atoms with Gasteiger partial charge in [-0.25, -0.2) is 9.37 Å². The van der Waals surface area contributed by atoms with Crippen LogP contribution in [-0.4, -0.2) is 19.2 Å². The molecule has 0 spiro atoms. The quantitative estimate of drug-likeness (QED) is 0.703. The van der Waals surface area contributed by atoms with Crippen LogP contribution in [0.3, 0.4) is 0 Å². The van der Waals surface area contributed by atoms with E-state index in [0.29, 0.717) is 22.8 Å². The topological polar surface area (TPSA) is 31.4 Å². The molecule has 0 aliphatic rings. The fraction of sp³-hybridized carbons (Fsp3) is 0.118. The smallest absolute Gasteiger partial charge is 0.161 e. The summed E-state index contributed by atoms with van der Waals surface area (Å²) in [5.41, 5.74) is 2.05. The van der Waals surface area contributed by atoms with Crippen LogP contribution in [0.25, 0.3) is 21.8 Å². The summed E-state index contributed by atoms with van der Waals surface area (Å²) in [5, 5.41) is 2.66. The molecule has 0 radical (unpaired) electrons. The first kappa shape index (κ1) is 14.5. The summed E-state index contributed by atoms with van der Waals surface area (Å²) in [7, 11) is 3.19. The minimum atomic E-state index is -0.272. The molecule has 0 N–H and O–H groups in total. The van der Waals surface area contributed by atoms with Gasteiger partial charge in [0.25, 0.3) is 0 Å². The average Bonchev–Trinajstić information content (AvgIpc) is 3.04. The summed E-state index contributed by atoms with van der Waals surface area (Å²) in [4.78, 5) is 4.52. The molecule has 0 amide bonds. The van der Waals surface area contributed by atoms with Crippen LogP contribution in [0.15, 0.2) is 47.8 Å². The molecule has 0 atom stereocenters. The highest BCUT2D eigenvalue weighted by atomic mass is 32.1. The predicted octanol–water partition coefficient (Wildman–Crippen LogP) is 4.63.